The number of halogens is 1. The monoisotopic (exact) mass is 380 g/mol. The molecule has 0 spiro atoms. The number of sulfonamides is 1. The molecule has 1 N–H and O–H groups in total. The van der Waals surface area contributed by atoms with E-state index in [1.54, 1.807) is 13.0 Å². The minimum Gasteiger partial charge on any atom is -0.408 e. The van der Waals surface area contributed by atoms with Crippen LogP contribution >= 0.6 is 11.6 Å². The van der Waals surface area contributed by atoms with Gasteiger partial charge in [0.15, 0.2) is 5.58 Å². The molecule has 0 saturated carbocycles. The van der Waals surface area contributed by atoms with Crippen LogP contribution in [0.4, 0.5) is 5.69 Å². The lowest BCUT2D eigenvalue weighted by Gasteiger charge is -2.12. The smallest absolute Gasteiger partial charge is 0.408 e. The predicted octanol–water partition coefficient (Wildman–Crippen LogP) is 3.69. The Labute approximate surface area is 150 Å². The number of oxazole rings is 1. The Hall–Kier alpha value is -2.25. The van der Waals surface area contributed by atoms with Crippen molar-refractivity contribution in [2.24, 2.45) is 0 Å². The second kappa shape index (κ2) is 6.24. The molecule has 0 amide bonds. The van der Waals surface area contributed by atoms with Crippen LogP contribution in [0.3, 0.4) is 0 Å². The highest BCUT2D eigenvalue weighted by Gasteiger charge is 2.22. The molecule has 0 aliphatic carbocycles. The second-order valence-electron chi connectivity index (χ2n) is 5.79. The van der Waals surface area contributed by atoms with Crippen molar-refractivity contribution in [3.05, 3.63) is 57.0 Å². The Morgan fingerprint density at radius 1 is 1.20 bits per heavy atom. The van der Waals surface area contributed by atoms with Crippen LogP contribution in [-0.2, 0) is 16.6 Å². The van der Waals surface area contributed by atoms with Gasteiger partial charge in [0.2, 0.25) is 0 Å². The third-order valence-electron chi connectivity index (χ3n) is 3.95. The van der Waals surface area contributed by atoms with Crippen molar-refractivity contribution in [1.82, 2.24) is 4.57 Å². The van der Waals surface area contributed by atoms with Crippen molar-refractivity contribution in [1.29, 1.82) is 0 Å². The number of nitrogens with one attached hydrogen (secondary N) is 1. The van der Waals surface area contributed by atoms with Gasteiger partial charge in [-0.3, -0.25) is 9.29 Å². The van der Waals surface area contributed by atoms with Gasteiger partial charge in [-0.25, -0.2) is 13.2 Å². The molecule has 3 aromatic rings. The highest BCUT2D eigenvalue weighted by Crippen LogP contribution is 2.29. The highest BCUT2D eigenvalue weighted by molar-refractivity contribution is 7.92. The summed E-state index contributed by atoms with van der Waals surface area (Å²) in [6.07, 6.45) is 0. The third-order valence-corrected chi connectivity index (χ3v) is 5.78. The molecule has 0 atom stereocenters. The zero-order valence-electron chi connectivity index (χ0n) is 14.0. The van der Waals surface area contributed by atoms with Gasteiger partial charge in [-0.2, -0.15) is 0 Å². The summed E-state index contributed by atoms with van der Waals surface area (Å²) < 4.78 is 34.5. The Morgan fingerprint density at radius 2 is 1.92 bits per heavy atom. The van der Waals surface area contributed by atoms with Gasteiger partial charge in [0.1, 0.15) is 4.90 Å². The number of aryl methyl sites for hydroxylation is 3. The molecule has 0 bridgehead atoms. The first-order chi connectivity index (χ1) is 11.7. The average Bonchev–Trinajstić information content (AvgIpc) is 2.83. The highest BCUT2D eigenvalue weighted by atomic mass is 35.5. The molecule has 2 aromatic carbocycles. The van der Waals surface area contributed by atoms with Gasteiger partial charge in [0.25, 0.3) is 10.0 Å². The molecule has 132 valence electrons. The SMILES string of the molecule is CCn1c(=O)oc2cc(S(=O)(=O)Nc3ccc(C)cc3C)c(Cl)cc21. The van der Waals surface area contributed by atoms with Crippen molar-refractivity contribution in [3.63, 3.8) is 0 Å². The Bertz CT molecular complexity index is 1130. The number of hydrogen-bond donors (Lipinski definition) is 1. The first-order valence-corrected chi connectivity index (χ1v) is 9.52. The van der Waals surface area contributed by atoms with E-state index in [1.807, 2.05) is 26.0 Å². The van der Waals surface area contributed by atoms with E-state index in [0.29, 0.717) is 17.7 Å². The summed E-state index contributed by atoms with van der Waals surface area (Å²) in [5.41, 5.74) is 2.93. The average molecular weight is 381 g/mol. The van der Waals surface area contributed by atoms with Gasteiger partial charge in [0.05, 0.1) is 16.2 Å². The molecule has 25 heavy (non-hydrogen) atoms. The van der Waals surface area contributed by atoms with E-state index < -0.39 is 15.8 Å². The Balaban J connectivity index is 2.11. The fourth-order valence-corrected chi connectivity index (χ4v) is 4.37. The lowest BCUT2D eigenvalue weighted by atomic mass is 10.1. The first-order valence-electron chi connectivity index (χ1n) is 7.66. The van der Waals surface area contributed by atoms with Crippen LogP contribution in [0, 0.1) is 13.8 Å². The Morgan fingerprint density at radius 3 is 2.56 bits per heavy atom. The number of fused-ring (bicyclic) bond motifs is 1. The molecule has 0 unspecified atom stereocenters. The van der Waals surface area contributed by atoms with Crippen molar-refractivity contribution in [2.45, 2.75) is 32.2 Å². The summed E-state index contributed by atoms with van der Waals surface area (Å²) >= 11 is 6.18. The number of anilines is 1. The van der Waals surface area contributed by atoms with Crippen LogP contribution in [0.15, 0.2) is 44.4 Å². The minimum atomic E-state index is -3.93. The zero-order chi connectivity index (χ0) is 18.4. The number of rotatable bonds is 4. The summed E-state index contributed by atoms with van der Waals surface area (Å²) in [4.78, 5) is 11.7. The molecule has 0 saturated heterocycles. The molecule has 0 aliphatic rings. The van der Waals surface area contributed by atoms with Crippen LogP contribution in [0.2, 0.25) is 5.02 Å². The molecule has 0 radical (unpaired) electrons. The lowest BCUT2D eigenvalue weighted by molar-refractivity contribution is 0.512. The summed E-state index contributed by atoms with van der Waals surface area (Å²) in [5, 5.41) is 0.0211. The van der Waals surface area contributed by atoms with Crippen molar-refractivity contribution >= 4 is 38.4 Å². The number of hydrogen-bond acceptors (Lipinski definition) is 4. The van der Waals surface area contributed by atoms with Gasteiger partial charge in [-0.05, 0) is 38.5 Å². The van der Waals surface area contributed by atoms with E-state index in [2.05, 4.69) is 4.72 Å². The summed E-state index contributed by atoms with van der Waals surface area (Å²) in [6.45, 7) is 5.93. The topological polar surface area (TPSA) is 81.3 Å². The van der Waals surface area contributed by atoms with E-state index >= 15 is 0 Å². The van der Waals surface area contributed by atoms with Gasteiger partial charge >= 0.3 is 5.76 Å². The molecule has 0 aliphatic heterocycles. The molecule has 1 heterocycles. The third kappa shape index (κ3) is 3.17. The summed E-state index contributed by atoms with van der Waals surface area (Å²) in [5.74, 6) is -0.551. The van der Waals surface area contributed by atoms with Crippen LogP contribution < -0.4 is 10.5 Å². The van der Waals surface area contributed by atoms with Gasteiger partial charge in [-0.1, -0.05) is 29.3 Å². The molecular weight excluding hydrogens is 364 g/mol. The van der Waals surface area contributed by atoms with Gasteiger partial charge in [0, 0.05) is 12.6 Å². The normalized spacial score (nSPS) is 11.8. The van der Waals surface area contributed by atoms with Crippen molar-refractivity contribution in [2.75, 3.05) is 4.72 Å². The number of aromatic nitrogens is 1. The molecule has 3 rings (SSSR count). The molecule has 1 aromatic heterocycles. The minimum absolute atomic E-state index is 0.0211. The fraction of sp³-hybridized carbons (Fsp3) is 0.235. The predicted molar refractivity (Wildman–Crippen MR) is 97.9 cm³/mol. The van der Waals surface area contributed by atoms with Crippen LogP contribution in [0.1, 0.15) is 18.1 Å². The zero-order valence-corrected chi connectivity index (χ0v) is 15.5. The largest absolute Gasteiger partial charge is 0.419 e. The number of benzene rings is 2. The quantitative estimate of drug-likeness (QED) is 0.748. The second-order valence-corrected chi connectivity index (χ2v) is 7.84. The molecule has 8 heteroatoms. The van der Waals surface area contributed by atoms with Gasteiger partial charge in [-0.15, -0.1) is 0 Å². The van der Waals surface area contributed by atoms with Gasteiger partial charge < -0.3 is 4.42 Å². The van der Waals surface area contributed by atoms with Crippen molar-refractivity contribution in [3.8, 4) is 0 Å². The molecule has 0 fully saturated rings. The number of nitrogens with zero attached hydrogens (tertiary/aromatic N) is 1. The fourth-order valence-electron chi connectivity index (χ4n) is 2.70. The van der Waals surface area contributed by atoms with E-state index in [1.165, 1.54) is 16.7 Å². The Kier molecular flexibility index (Phi) is 4.38. The maximum Gasteiger partial charge on any atom is 0.419 e. The lowest BCUT2D eigenvalue weighted by Crippen LogP contribution is -2.14. The van der Waals surface area contributed by atoms with Crippen LogP contribution in [0.5, 0.6) is 0 Å². The van der Waals surface area contributed by atoms with Crippen LogP contribution in [-0.4, -0.2) is 13.0 Å². The summed E-state index contributed by atoms with van der Waals surface area (Å²) in [6, 6.07) is 8.10. The van der Waals surface area contributed by atoms with E-state index in [0.717, 1.165) is 11.1 Å². The van der Waals surface area contributed by atoms with E-state index in [-0.39, 0.29) is 15.5 Å². The maximum absolute atomic E-state index is 12.7. The maximum atomic E-state index is 12.7. The van der Waals surface area contributed by atoms with Crippen LogP contribution in [0.25, 0.3) is 11.1 Å². The molecule has 6 nitrogen and oxygen atoms in total. The first kappa shape index (κ1) is 17.6. The molecular formula is C17H17ClN2O4S. The summed E-state index contributed by atoms with van der Waals surface area (Å²) in [7, 11) is -3.93. The van der Waals surface area contributed by atoms with E-state index in [4.69, 9.17) is 16.0 Å². The van der Waals surface area contributed by atoms with E-state index in [9.17, 15) is 13.2 Å². The standard InChI is InChI=1S/C17H17ClN2O4S/c1-4-20-14-8-12(18)16(9-15(14)24-17(20)21)25(22,23)19-13-6-5-10(2)7-11(13)3/h5-9,19H,4H2,1-3H3. The van der Waals surface area contributed by atoms with Crippen molar-refractivity contribution < 1.29 is 12.8 Å².